The van der Waals surface area contributed by atoms with E-state index in [9.17, 15) is 4.79 Å². The number of hydrogen-bond acceptors (Lipinski definition) is 5. The van der Waals surface area contributed by atoms with Crippen molar-refractivity contribution in [2.75, 3.05) is 5.32 Å². The molecule has 2 aliphatic rings. The summed E-state index contributed by atoms with van der Waals surface area (Å²) in [6.07, 6.45) is 9.22. The van der Waals surface area contributed by atoms with E-state index in [1.165, 1.54) is 10.9 Å². The molecule has 2 bridgehead atoms. The summed E-state index contributed by atoms with van der Waals surface area (Å²) in [4.78, 5) is 32.3. The molecule has 7 heteroatoms. The zero-order valence-corrected chi connectivity index (χ0v) is 20.2. The van der Waals surface area contributed by atoms with Gasteiger partial charge in [-0.05, 0) is 87.8 Å². The molecule has 2 aliphatic heterocycles. The predicted molar refractivity (Wildman–Crippen MR) is 137 cm³/mol. The van der Waals surface area contributed by atoms with Gasteiger partial charge in [-0.2, -0.15) is 0 Å². The van der Waals surface area contributed by atoms with Crippen LogP contribution in [0.15, 0.2) is 54.9 Å². The Labute approximate surface area is 205 Å². The van der Waals surface area contributed by atoms with E-state index in [0.29, 0.717) is 18.0 Å². The molecule has 7 nitrogen and oxygen atoms in total. The van der Waals surface area contributed by atoms with Crippen LogP contribution in [-0.4, -0.2) is 42.8 Å². The van der Waals surface area contributed by atoms with Gasteiger partial charge in [0.1, 0.15) is 17.3 Å². The first-order valence-electron chi connectivity index (χ1n) is 12.5. The molecule has 35 heavy (non-hydrogen) atoms. The molecular formula is C28H30N6O. The Morgan fingerprint density at radius 3 is 2.71 bits per heavy atom. The molecule has 3 aromatic heterocycles. The second-order valence-electron chi connectivity index (χ2n) is 10.00. The van der Waals surface area contributed by atoms with Crippen LogP contribution in [-0.2, 0) is 6.42 Å². The Morgan fingerprint density at radius 2 is 1.91 bits per heavy atom. The number of anilines is 2. The van der Waals surface area contributed by atoms with Gasteiger partial charge in [0.05, 0.1) is 0 Å². The standard InChI is InChI=1S/C28H30N6O/c1-17-12-26(32-18(2)31-17)33-22-5-3-4-21(16-22)28(35)34-23-6-7-24(34)15-19(14-23)13-20-8-10-29-27-25(20)9-11-30-27/h3-5,8-12,16,19,23-24H,6-7,13-15H2,1-2H3,(H,29,30)(H,31,32,33)/t23-,24-/m0/s1. The Morgan fingerprint density at radius 1 is 1.09 bits per heavy atom. The van der Waals surface area contributed by atoms with E-state index in [0.717, 1.165) is 66.3 Å². The number of aromatic nitrogens is 4. The number of hydrogen-bond donors (Lipinski definition) is 2. The molecule has 2 N–H and O–H groups in total. The SMILES string of the molecule is Cc1cc(Nc2cccc(C(=O)N3[C@H]4CC[C@H]3CC(Cc3ccnc5[nH]ccc35)C4)c2)nc(C)n1. The second-order valence-corrected chi connectivity index (χ2v) is 10.00. The number of H-pyrrole nitrogens is 1. The van der Waals surface area contributed by atoms with Crippen molar-refractivity contribution >= 4 is 28.4 Å². The normalized spacial score (nSPS) is 21.4. The van der Waals surface area contributed by atoms with Gasteiger partial charge in [0.25, 0.3) is 5.91 Å². The monoisotopic (exact) mass is 466 g/mol. The number of rotatable bonds is 5. The zero-order chi connectivity index (χ0) is 23.9. The third kappa shape index (κ3) is 4.27. The third-order valence-electron chi connectivity index (χ3n) is 7.47. The van der Waals surface area contributed by atoms with Gasteiger partial charge in [-0.1, -0.05) is 6.07 Å². The smallest absolute Gasteiger partial charge is 0.254 e. The van der Waals surface area contributed by atoms with Crippen LogP contribution in [0.2, 0.25) is 0 Å². The van der Waals surface area contributed by atoms with Gasteiger partial charge in [0.15, 0.2) is 0 Å². The molecule has 2 fully saturated rings. The van der Waals surface area contributed by atoms with Crippen molar-refractivity contribution in [3.05, 3.63) is 77.5 Å². The fourth-order valence-electron chi connectivity index (χ4n) is 6.10. The van der Waals surface area contributed by atoms with Crippen LogP contribution in [0.25, 0.3) is 11.0 Å². The van der Waals surface area contributed by atoms with Crippen molar-refractivity contribution in [3.63, 3.8) is 0 Å². The molecule has 2 atom stereocenters. The molecule has 0 saturated carbocycles. The zero-order valence-electron chi connectivity index (χ0n) is 20.2. The van der Waals surface area contributed by atoms with Gasteiger partial charge in [-0.25, -0.2) is 15.0 Å². The van der Waals surface area contributed by atoms with E-state index in [-0.39, 0.29) is 5.91 Å². The first-order chi connectivity index (χ1) is 17.0. The average molecular weight is 467 g/mol. The fraction of sp³-hybridized carbons (Fsp3) is 0.357. The topological polar surface area (TPSA) is 86.8 Å². The van der Waals surface area contributed by atoms with Gasteiger partial charge in [-0.15, -0.1) is 0 Å². The molecular weight excluding hydrogens is 436 g/mol. The van der Waals surface area contributed by atoms with Crippen molar-refractivity contribution in [2.45, 2.75) is 58.0 Å². The molecule has 178 valence electrons. The summed E-state index contributed by atoms with van der Waals surface area (Å²) in [6, 6.07) is 14.6. The van der Waals surface area contributed by atoms with Gasteiger partial charge in [0, 0.05) is 52.9 Å². The lowest BCUT2D eigenvalue weighted by Crippen LogP contribution is -2.46. The third-order valence-corrected chi connectivity index (χ3v) is 7.47. The maximum atomic E-state index is 13.6. The average Bonchev–Trinajstić information content (AvgIpc) is 3.41. The summed E-state index contributed by atoms with van der Waals surface area (Å²) in [6.45, 7) is 3.84. The lowest BCUT2D eigenvalue weighted by atomic mass is 9.85. The molecule has 1 aromatic carbocycles. The first-order valence-corrected chi connectivity index (χ1v) is 12.5. The highest BCUT2D eigenvalue weighted by atomic mass is 16.2. The Balaban J connectivity index is 1.17. The number of aryl methyl sites for hydroxylation is 2. The maximum Gasteiger partial charge on any atom is 0.254 e. The van der Waals surface area contributed by atoms with Crippen LogP contribution in [0.5, 0.6) is 0 Å². The summed E-state index contributed by atoms with van der Waals surface area (Å²) in [7, 11) is 0. The molecule has 5 heterocycles. The van der Waals surface area contributed by atoms with E-state index in [2.05, 4.69) is 42.3 Å². The molecule has 0 aliphatic carbocycles. The van der Waals surface area contributed by atoms with Crippen LogP contribution in [0.1, 0.15) is 53.1 Å². The number of fused-ring (bicyclic) bond motifs is 3. The molecule has 2 saturated heterocycles. The fourth-order valence-corrected chi connectivity index (χ4v) is 6.10. The van der Waals surface area contributed by atoms with Gasteiger partial charge >= 0.3 is 0 Å². The number of nitrogens with one attached hydrogen (secondary N) is 2. The first kappa shape index (κ1) is 21.8. The van der Waals surface area contributed by atoms with E-state index in [4.69, 9.17) is 0 Å². The number of benzene rings is 1. The van der Waals surface area contributed by atoms with Crippen molar-refractivity contribution < 1.29 is 4.79 Å². The highest BCUT2D eigenvalue weighted by Crippen LogP contribution is 2.41. The van der Waals surface area contributed by atoms with Gasteiger partial charge in [-0.3, -0.25) is 4.79 Å². The van der Waals surface area contributed by atoms with Crippen LogP contribution in [0, 0.1) is 19.8 Å². The number of carbonyl (C=O) groups excluding carboxylic acids is 1. The number of pyridine rings is 1. The van der Waals surface area contributed by atoms with Crippen molar-refractivity contribution in [3.8, 4) is 0 Å². The minimum atomic E-state index is 0.145. The van der Waals surface area contributed by atoms with Crippen molar-refractivity contribution in [2.24, 2.45) is 5.92 Å². The minimum absolute atomic E-state index is 0.145. The molecule has 0 spiro atoms. The minimum Gasteiger partial charge on any atom is -0.346 e. The second kappa shape index (κ2) is 8.80. The number of nitrogens with zero attached hydrogens (tertiary/aromatic N) is 4. The molecule has 4 aromatic rings. The quantitative estimate of drug-likeness (QED) is 0.415. The summed E-state index contributed by atoms with van der Waals surface area (Å²) >= 11 is 0. The van der Waals surface area contributed by atoms with Crippen LogP contribution in [0.4, 0.5) is 11.5 Å². The van der Waals surface area contributed by atoms with E-state index in [1.807, 2.05) is 56.6 Å². The van der Waals surface area contributed by atoms with Gasteiger partial charge in [0.2, 0.25) is 0 Å². The molecule has 6 rings (SSSR count). The van der Waals surface area contributed by atoms with E-state index in [1.54, 1.807) is 0 Å². The predicted octanol–water partition coefficient (Wildman–Crippen LogP) is 5.34. The van der Waals surface area contributed by atoms with Crippen molar-refractivity contribution in [1.29, 1.82) is 0 Å². The van der Waals surface area contributed by atoms with Crippen LogP contribution >= 0.6 is 0 Å². The van der Waals surface area contributed by atoms with Crippen LogP contribution < -0.4 is 5.32 Å². The van der Waals surface area contributed by atoms with E-state index < -0.39 is 0 Å². The number of aromatic amines is 1. The molecule has 0 radical (unpaired) electrons. The van der Waals surface area contributed by atoms with Gasteiger partial charge < -0.3 is 15.2 Å². The van der Waals surface area contributed by atoms with Crippen LogP contribution in [0.3, 0.4) is 0 Å². The number of carbonyl (C=O) groups is 1. The summed E-state index contributed by atoms with van der Waals surface area (Å²) in [5, 5.41) is 4.56. The largest absolute Gasteiger partial charge is 0.346 e. The summed E-state index contributed by atoms with van der Waals surface area (Å²) < 4.78 is 0. The Hall–Kier alpha value is -3.74. The maximum absolute atomic E-state index is 13.6. The Kier molecular flexibility index (Phi) is 5.47. The highest BCUT2D eigenvalue weighted by molar-refractivity contribution is 5.96. The lowest BCUT2D eigenvalue weighted by Gasteiger charge is -2.39. The Bertz CT molecular complexity index is 1360. The molecule has 1 amide bonds. The van der Waals surface area contributed by atoms with Crippen molar-refractivity contribution in [1.82, 2.24) is 24.8 Å². The highest BCUT2D eigenvalue weighted by Gasteiger charge is 2.43. The number of piperidine rings is 1. The summed E-state index contributed by atoms with van der Waals surface area (Å²) in [5.74, 6) is 2.21. The molecule has 0 unspecified atom stereocenters. The lowest BCUT2D eigenvalue weighted by molar-refractivity contribution is 0.0525. The number of amides is 1. The summed E-state index contributed by atoms with van der Waals surface area (Å²) in [5.41, 5.74) is 4.82. The van der Waals surface area contributed by atoms with E-state index >= 15 is 0 Å².